The molecule has 0 spiro atoms. The van der Waals surface area contributed by atoms with E-state index in [9.17, 15) is 9.59 Å². The second kappa shape index (κ2) is 7.38. The lowest BCUT2D eigenvalue weighted by Gasteiger charge is -2.24. The average molecular weight is 338 g/mol. The van der Waals surface area contributed by atoms with Crippen LogP contribution in [0.4, 0.5) is 5.69 Å². The van der Waals surface area contributed by atoms with Gasteiger partial charge in [-0.1, -0.05) is 37.3 Å². The van der Waals surface area contributed by atoms with E-state index in [1.54, 1.807) is 12.0 Å². The molecule has 2 aromatic carbocycles. The lowest BCUT2D eigenvalue weighted by atomic mass is 10.1. The number of methoxy groups -OCH3 is 1. The fraction of sp³-hybridized carbons (Fsp3) is 0.300. The van der Waals surface area contributed by atoms with Gasteiger partial charge in [0.2, 0.25) is 11.8 Å². The highest BCUT2D eigenvalue weighted by molar-refractivity contribution is 6.03. The molecule has 2 aromatic rings. The van der Waals surface area contributed by atoms with Crippen LogP contribution in [0, 0.1) is 0 Å². The molecular weight excluding hydrogens is 316 g/mol. The smallest absolute Gasteiger partial charge is 0.243 e. The van der Waals surface area contributed by atoms with Gasteiger partial charge in [0.15, 0.2) is 0 Å². The maximum atomic E-state index is 12.7. The van der Waals surface area contributed by atoms with Gasteiger partial charge in [0.25, 0.3) is 0 Å². The number of anilines is 1. The summed E-state index contributed by atoms with van der Waals surface area (Å²) < 4.78 is 5.13. The van der Waals surface area contributed by atoms with Crippen LogP contribution in [-0.4, -0.2) is 25.0 Å². The molecule has 1 aliphatic heterocycles. The highest BCUT2D eigenvalue weighted by Gasteiger charge is 2.37. The van der Waals surface area contributed by atoms with Crippen LogP contribution in [0.3, 0.4) is 0 Å². The first-order chi connectivity index (χ1) is 12.1. The van der Waals surface area contributed by atoms with Crippen LogP contribution in [0.5, 0.6) is 5.75 Å². The molecule has 3 rings (SSSR count). The standard InChI is InChI=1S/C20H22N2O3/c1-3-19(23)22-17-7-5-4-6-15(17)12-18(22)20(24)21-13-14-8-10-16(25-2)11-9-14/h4-11,18H,3,12-13H2,1-2H3,(H,21,24)/t18-/m0/s1. The van der Waals surface area contributed by atoms with Crippen LogP contribution in [0.15, 0.2) is 48.5 Å². The Hall–Kier alpha value is -2.82. The average Bonchev–Trinajstić information content (AvgIpc) is 3.05. The zero-order valence-electron chi connectivity index (χ0n) is 14.5. The maximum Gasteiger partial charge on any atom is 0.243 e. The van der Waals surface area contributed by atoms with Gasteiger partial charge in [-0.15, -0.1) is 0 Å². The third-order valence-electron chi connectivity index (χ3n) is 4.48. The maximum absolute atomic E-state index is 12.7. The third kappa shape index (κ3) is 3.50. The van der Waals surface area contributed by atoms with Gasteiger partial charge >= 0.3 is 0 Å². The molecule has 0 saturated heterocycles. The van der Waals surface area contributed by atoms with Crippen LogP contribution < -0.4 is 15.0 Å². The van der Waals surface area contributed by atoms with Crippen molar-refractivity contribution >= 4 is 17.5 Å². The monoisotopic (exact) mass is 338 g/mol. The number of hydrogen-bond donors (Lipinski definition) is 1. The first-order valence-corrected chi connectivity index (χ1v) is 8.44. The summed E-state index contributed by atoms with van der Waals surface area (Å²) in [6.45, 7) is 2.24. The molecule has 1 heterocycles. The fourth-order valence-corrected chi connectivity index (χ4v) is 3.12. The molecule has 0 bridgehead atoms. The van der Waals surface area contributed by atoms with Crippen molar-refractivity contribution in [2.75, 3.05) is 12.0 Å². The summed E-state index contributed by atoms with van der Waals surface area (Å²) in [5, 5.41) is 2.95. The predicted octanol–water partition coefficient (Wildman–Crippen LogP) is 2.68. The zero-order chi connectivity index (χ0) is 17.8. The minimum Gasteiger partial charge on any atom is -0.497 e. The number of hydrogen-bond acceptors (Lipinski definition) is 3. The summed E-state index contributed by atoms with van der Waals surface area (Å²) in [5.74, 6) is 0.615. The molecule has 5 heteroatoms. The van der Waals surface area contributed by atoms with E-state index in [0.29, 0.717) is 19.4 Å². The Morgan fingerprint density at radius 2 is 1.88 bits per heavy atom. The number of benzene rings is 2. The Morgan fingerprint density at radius 3 is 2.56 bits per heavy atom. The Kier molecular flexibility index (Phi) is 5.03. The van der Waals surface area contributed by atoms with Gasteiger partial charge in [-0.3, -0.25) is 14.5 Å². The molecule has 0 fully saturated rings. The first kappa shape index (κ1) is 17.0. The summed E-state index contributed by atoms with van der Waals surface area (Å²) in [4.78, 5) is 26.7. The van der Waals surface area contributed by atoms with Crippen LogP contribution in [0.25, 0.3) is 0 Å². The molecule has 130 valence electrons. The Bertz CT molecular complexity index is 771. The largest absolute Gasteiger partial charge is 0.497 e. The summed E-state index contributed by atoms with van der Waals surface area (Å²) in [5.41, 5.74) is 2.87. The molecule has 0 unspecified atom stereocenters. The minimum atomic E-state index is -0.483. The normalized spacial score (nSPS) is 15.6. The van der Waals surface area contributed by atoms with Gasteiger partial charge in [-0.05, 0) is 29.3 Å². The van der Waals surface area contributed by atoms with Crippen molar-refractivity contribution < 1.29 is 14.3 Å². The number of nitrogens with zero attached hydrogens (tertiary/aromatic N) is 1. The van der Waals surface area contributed by atoms with Gasteiger partial charge in [0.1, 0.15) is 11.8 Å². The molecule has 25 heavy (non-hydrogen) atoms. The molecule has 1 N–H and O–H groups in total. The number of rotatable bonds is 5. The Morgan fingerprint density at radius 1 is 1.16 bits per heavy atom. The first-order valence-electron chi connectivity index (χ1n) is 8.44. The van der Waals surface area contributed by atoms with E-state index in [4.69, 9.17) is 4.74 Å². The van der Waals surface area contributed by atoms with Crippen molar-refractivity contribution in [1.82, 2.24) is 5.32 Å². The third-order valence-corrected chi connectivity index (χ3v) is 4.48. The van der Waals surface area contributed by atoms with E-state index in [2.05, 4.69) is 5.32 Å². The van der Waals surface area contributed by atoms with E-state index in [1.165, 1.54) is 0 Å². The van der Waals surface area contributed by atoms with Gasteiger partial charge in [0, 0.05) is 25.1 Å². The van der Waals surface area contributed by atoms with E-state index in [1.807, 2.05) is 55.5 Å². The van der Waals surface area contributed by atoms with Crippen LogP contribution in [0.1, 0.15) is 24.5 Å². The zero-order valence-corrected chi connectivity index (χ0v) is 14.5. The molecule has 0 aromatic heterocycles. The molecule has 1 aliphatic rings. The number of ether oxygens (including phenoxy) is 1. The minimum absolute atomic E-state index is 0.0328. The number of fused-ring (bicyclic) bond motifs is 1. The highest BCUT2D eigenvalue weighted by atomic mass is 16.5. The molecular formula is C20H22N2O3. The molecule has 1 atom stereocenters. The van der Waals surface area contributed by atoms with Gasteiger partial charge in [0.05, 0.1) is 7.11 Å². The second-order valence-corrected chi connectivity index (χ2v) is 6.03. The fourth-order valence-electron chi connectivity index (χ4n) is 3.12. The number of carbonyl (C=O) groups excluding carboxylic acids is 2. The van der Waals surface area contributed by atoms with Crippen molar-refractivity contribution in [3.63, 3.8) is 0 Å². The van der Waals surface area contributed by atoms with Crippen LogP contribution in [0.2, 0.25) is 0 Å². The molecule has 5 nitrogen and oxygen atoms in total. The number of amides is 2. The van der Waals surface area contributed by atoms with Crippen molar-refractivity contribution in [3.05, 3.63) is 59.7 Å². The lowest BCUT2D eigenvalue weighted by molar-refractivity contribution is -0.126. The summed E-state index contributed by atoms with van der Waals surface area (Å²) >= 11 is 0. The Labute approximate surface area is 147 Å². The van der Waals surface area contributed by atoms with Gasteiger partial charge < -0.3 is 10.1 Å². The quantitative estimate of drug-likeness (QED) is 0.912. The predicted molar refractivity (Wildman–Crippen MR) is 96.6 cm³/mol. The molecule has 0 aliphatic carbocycles. The second-order valence-electron chi connectivity index (χ2n) is 6.03. The SMILES string of the molecule is CCC(=O)N1c2ccccc2C[C@H]1C(=O)NCc1ccc(OC)cc1. The molecule has 0 saturated carbocycles. The van der Waals surface area contributed by atoms with Crippen molar-refractivity contribution in [2.24, 2.45) is 0 Å². The molecule has 0 radical (unpaired) electrons. The summed E-state index contributed by atoms with van der Waals surface area (Å²) in [6.07, 6.45) is 0.924. The van der Waals surface area contributed by atoms with Crippen molar-refractivity contribution in [3.8, 4) is 5.75 Å². The van der Waals surface area contributed by atoms with Crippen LogP contribution >= 0.6 is 0 Å². The summed E-state index contributed by atoms with van der Waals surface area (Å²) in [7, 11) is 1.62. The van der Waals surface area contributed by atoms with E-state index < -0.39 is 6.04 Å². The topological polar surface area (TPSA) is 58.6 Å². The lowest BCUT2D eigenvalue weighted by Crippen LogP contribution is -2.47. The summed E-state index contributed by atoms with van der Waals surface area (Å²) in [6, 6.07) is 14.8. The van der Waals surface area contributed by atoms with Gasteiger partial charge in [-0.25, -0.2) is 0 Å². The Balaban J connectivity index is 1.71. The van der Waals surface area contributed by atoms with E-state index in [0.717, 1.165) is 22.6 Å². The van der Waals surface area contributed by atoms with Crippen molar-refractivity contribution in [2.45, 2.75) is 32.4 Å². The van der Waals surface area contributed by atoms with Gasteiger partial charge in [-0.2, -0.15) is 0 Å². The van der Waals surface area contributed by atoms with E-state index in [-0.39, 0.29) is 11.8 Å². The van der Waals surface area contributed by atoms with Crippen molar-refractivity contribution in [1.29, 1.82) is 0 Å². The van der Waals surface area contributed by atoms with Crippen LogP contribution in [-0.2, 0) is 22.6 Å². The van der Waals surface area contributed by atoms with E-state index >= 15 is 0 Å². The molecule has 2 amide bonds. The number of carbonyl (C=O) groups is 2. The highest BCUT2D eigenvalue weighted by Crippen LogP contribution is 2.32. The number of para-hydroxylation sites is 1. The number of nitrogens with one attached hydrogen (secondary N) is 1.